The van der Waals surface area contributed by atoms with Crippen LogP contribution in [0.5, 0.6) is 0 Å². The van der Waals surface area contributed by atoms with Crippen molar-refractivity contribution in [3.8, 4) is 0 Å². The fourth-order valence-corrected chi connectivity index (χ4v) is 2.04. The maximum Gasteiger partial charge on any atom is 0.407 e. The molecule has 1 atom stereocenters. The second-order valence-corrected chi connectivity index (χ2v) is 5.48. The van der Waals surface area contributed by atoms with Crippen molar-refractivity contribution in [2.45, 2.75) is 12.5 Å². The minimum atomic E-state index is -1.02. The molecular weight excluding hydrogens is 382 g/mol. The second-order valence-electron chi connectivity index (χ2n) is 5.48. The van der Waals surface area contributed by atoms with Gasteiger partial charge in [0.1, 0.15) is 13.2 Å². The molecule has 156 valence electrons. The molecule has 29 heavy (non-hydrogen) atoms. The maximum absolute atomic E-state index is 12.1. The van der Waals surface area contributed by atoms with Crippen LogP contribution in [0.3, 0.4) is 0 Å². The van der Waals surface area contributed by atoms with Gasteiger partial charge in [0.25, 0.3) is 0 Å². The second kappa shape index (κ2) is 12.7. The Bertz CT molecular complexity index is 744. The van der Waals surface area contributed by atoms with E-state index in [1.807, 2.05) is 0 Å². The standard InChI is InChI=1S/C20H23NO8/c1-4-16(22)27-13-11-21-20(25)28-12-10-17(23)29-18(14(2)19(24)26-3)15-8-6-5-7-9-15/h4-9,18H,1-2,10-13H2,3H3,(H,21,25). The zero-order valence-corrected chi connectivity index (χ0v) is 16.1. The van der Waals surface area contributed by atoms with Crippen LogP contribution in [0.1, 0.15) is 18.1 Å². The van der Waals surface area contributed by atoms with Gasteiger partial charge in [0.15, 0.2) is 6.10 Å². The third-order valence-corrected chi connectivity index (χ3v) is 3.44. The van der Waals surface area contributed by atoms with Crippen LogP contribution in [0.15, 0.2) is 55.1 Å². The molecule has 9 heteroatoms. The molecule has 0 aliphatic carbocycles. The minimum Gasteiger partial charge on any atom is -0.466 e. The van der Waals surface area contributed by atoms with Gasteiger partial charge < -0.3 is 24.3 Å². The van der Waals surface area contributed by atoms with E-state index < -0.39 is 30.1 Å². The van der Waals surface area contributed by atoms with Crippen molar-refractivity contribution in [1.82, 2.24) is 5.32 Å². The Morgan fingerprint density at radius 2 is 1.79 bits per heavy atom. The van der Waals surface area contributed by atoms with Gasteiger partial charge >= 0.3 is 24.0 Å². The number of hydrogen-bond acceptors (Lipinski definition) is 8. The average Bonchev–Trinajstić information content (AvgIpc) is 2.74. The molecule has 0 fully saturated rings. The first-order chi connectivity index (χ1) is 13.9. The summed E-state index contributed by atoms with van der Waals surface area (Å²) in [6.07, 6.45) is -1.05. The highest BCUT2D eigenvalue weighted by Crippen LogP contribution is 2.26. The molecule has 1 aromatic carbocycles. The number of rotatable bonds is 11. The van der Waals surface area contributed by atoms with Crippen molar-refractivity contribution in [3.05, 3.63) is 60.7 Å². The number of amides is 1. The number of esters is 3. The lowest BCUT2D eigenvalue weighted by Crippen LogP contribution is -2.29. The summed E-state index contributed by atoms with van der Waals surface area (Å²) in [5, 5.41) is 2.34. The highest BCUT2D eigenvalue weighted by Gasteiger charge is 2.25. The van der Waals surface area contributed by atoms with Crippen molar-refractivity contribution in [3.63, 3.8) is 0 Å². The SMILES string of the molecule is C=CC(=O)OCCNC(=O)OCCC(=O)OC(C(=C)C(=O)OC)c1ccccc1. The van der Waals surface area contributed by atoms with E-state index in [9.17, 15) is 19.2 Å². The summed E-state index contributed by atoms with van der Waals surface area (Å²) in [5.74, 6) is -2.01. The molecule has 0 aliphatic heterocycles. The molecule has 0 heterocycles. The maximum atomic E-state index is 12.1. The van der Waals surface area contributed by atoms with E-state index >= 15 is 0 Å². The quantitative estimate of drug-likeness (QED) is 0.257. The first-order valence-corrected chi connectivity index (χ1v) is 8.60. The third kappa shape index (κ3) is 8.74. The number of benzene rings is 1. The summed E-state index contributed by atoms with van der Waals surface area (Å²) in [5.41, 5.74) is 0.503. The first kappa shape index (κ1) is 23.4. The van der Waals surface area contributed by atoms with Crippen molar-refractivity contribution in [2.24, 2.45) is 0 Å². The van der Waals surface area contributed by atoms with E-state index in [1.165, 1.54) is 7.11 Å². The largest absolute Gasteiger partial charge is 0.466 e. The van der Waals surface area contributed by atoms with Gasteiger partial charge in [-0.05, 0) is 5.56 Å². The highest BCUT2D eigenvalue weighted by molar-refractivity contribution is 5.89. The van der Waals surface area contributed by atoms with Gasteiger partial charge in [0.2, 0.25) is 0 Å². The van der Waals surface area contributed by atoms with Gasteiger partial charge in [-0.25, -0.2) is 14.4 Å². The van der Waals surface area contributed by atoms with Gasteiger partial charge in [0, 0.05) is 6.08 Å². The third-order valence-electron chi connectivity index (χ3n) is 3.44. The first-order valence-electron chi connectivity index (χ1n) is 8.60. The number of carbonyl (C=O) groups is 4. The minimum absolute atomic E-state index is 0.0396. The van der Waals surface area contributed by atoms with E-state index in [0.717, 1.165) is 6.08 Å². The van der Waals surface area contributed by atoms with Crippen molar-refractivity contribution in [2.75, 3.05) is 26.9 Å². The summed E-state index contributed by atoms with van der Waals surface area (Å²) >= 11 is 0. The summed E-state index contributed by atoms with van der Waals surface area (Å²) in [7, 11) is 1.20. The van der Waals surface area contributed by atoms with Crippen LogP contribution in [0.4, 0.5) is 4.79 Å². The van der Waals surface area contributed by atoms with Crippen molar-refractivity contribution in [1.29, 1.82) is 0 Å². The van der Waals surface area contributed by atoms with Gasteiger partial charge in [0.05, 0.1) is 25.6 Å². The average molecular weight is 405 g/mol. The predicted octanol–water partition coefficient (Wildman–Crippen LogP) is 1.85. The Morgan fingerprint density at radius 3 is 2.41 bits per heavy atom. The summed E-state index contributed by atoms with van der Waals surface area (Å²) in [6, 6.07) is 8.57. The molecule has 0 aliphatic rings. The number of ether oxygens (including phenoxy) is 4. The summed E-state index contributed by atoms with van der Waals surface area (Å²) in [4.78, 5) is 46.2. The van der Waals surface area contributed by atoms with E-state index in [2.05, 4.69) is 27.9 Å². The summed E-state index contributed by atoms with van der Waals surface area (Å²) in [6.45, 7) is 6.62. The molecule has 0 radical (unpaired) electrons. The molecule has 0 saturated carbocycles. The molecule has 0 spiro atoms. The molecular formula is C20H23NO8. The zero-order valence-electron chi connectivity index (χ0n) is 16.1. The van der Waals surface area contributed by atoms with Crippen LogP contribution in [0, 0.1) is 0 Å². The van der Waals surface area contributed by atoms with Crippen LogP contribution in [0.2, 0.25) is 0 Å². The zero-order chi connectivity index (χ0) is 21.6. The monoisotopic (exact) mass is 405 g/mol. The lowest BCUT2D eigenvalue weighted by Gasteiger charge is -2.19. The molecule has 9 nitrogen and oxygen atoms in total. The van der Waals surface area contributed by atoms with E-state index in [1.54, 1.807) is 30.3 Å². The van der Waals surface area contributed by atoms with Crippen LogP contribution in [-0.4, -0.2) is 50.9 Å². The van der Waals surface area contributed by atoms with Crippen LogP contribution >= 0.6 is 0 Å². The van der Waals surface area contributed by atoms with Crippen LogP contribution < -0.4 is 5.32 Å². The highest BCUT2D eigenvalue weighted by atomic mass is 16.6. The van der Waals surface area contributed by atoms with Crippen molar-refractivity contribution < 1.29 is 38.1 Å². The van der Waals surface area contributed by atoms with E-state index in [0.29, 0.717) is 5.56 Å². The summed E-state index contributed by atoms with van der Waals surface area (Å²) < 4.78 is 19.5. The van der Waals surface area contributed by atoms with Crippen molar-refractivity contribution >= 4 is 24.0 Å². The number of nitrogens with one attached hydrogen (secondary N) is 1. The Kier molecular flexibility index (Phi) is 10.3. The lowest BCUT2D eigenvalue weighted by atomic mass is 10.0. The lowest BCUT2D eigenvalue weighted by molar-refractivity contribution is -0.150. The predicted molar refractivity (Wildman–Crippen MR) is 102 cm³/mol. The number of alkyl carbamates (subject to hydrolysis) is 1. The normalized spacial score (nSPS) is 10.8. The molecule has 1 unspecified atom stereocenters. The number of carbonyl (C=O) groups excluding carboxylic acids is 4. The van der Waals surface area contributed by atoms with Crippen LogP contribution in [-0.2, 0) is 33.3 Å². The van der Waals surface area contributed by atoms with E-state index in [-0.39, 0.29) is 31.8 Å². The fraction of sp³-hybridized carbons (Fsp3) is 0.300. The Balaban J connectivity index is 2.46. The fourth-order valence-electron chi connectivity index (χ4n) is 2.04. The molecule has 1 amide bonds. The van der Waals surface area contributed by atoms with Gasteiger partial charge in [-0.15, -0.1) is 0 Å². The number of hydrogen-bond donors (Lipinski definition) is 1. The molecule has 1 rings (SSSR count). The van der Waals surface area contributed by atoms with Gasteiger partial charge in [-0.2, -0.15) is 0 Å². The molecule has 0 saturated heterocycles. The molecule has 0 bridgehead atoms. The molecule has 0 aromatic heterocycles. The Morgan fingerprint density at radius 1 is 1.10 bits per heavy atom. The number of methoxy groups -OCH3 is 1. The Hall–Kier alpha value is -3.62. The molecule has 1 N–H and O–H groups in total. The van der Waals surface area contributed by atoms with Gasteiger partial charge in [-0.3, -0.25) is 4.79 Å². The Labute approximate surface area is 168 Å². The van der Waals surface area contributed by atoms with Crippen LogP contribution in [0.25, 0.3) is 0 Å². The topological polar surface area (TPSA) is 117 Å². The van der Waals surface area contributed by atoms with Gasteiger partial charge in [-0.1, -0.05) is 43.5 Å². The smallest absolute Gasteiger partial charge is 0.407 e. The van der Waals surface area contributed by atoms with E-state index in [4.69, 9.17) is 9.47 Å². The molecule has 1 aromatic rings.